The molecule has 10 heteroatoms. The smallest absolute Gasteiger partial charge is 0.292 e. The van der Waals surface area contributed by atoms with Gasteiger partial charge in [0.15, 0.2) is 5.82 Å². The van der Waals surface area contributed by atoms with Crippen LogP contribution in [0.25, 0.3) is 5.69 Å². The van der Waals surface area contributed by atoms with Crippen molar-refractivity contribution in [1.82, 2.24) is 19.6 Å². The Kier molecular flexibility index (Phi) is 6.01. The van der Waals surface area contributed by atoms with Gasteiger partial charge in [-0.15, -0.1) is 0 Å². The molecule has 7 nitrogen and oxygen atoms in total. The molecule has 0 atom stereocenters. The molecule has 0 N–H and O–H groups in total. The van der Waals surface area contributed by atoms with Crippen LogP contribution in [0.2, 0.25) is 5.02 Å². The van der Waals surface area contributed by atoms with Crippen molar-refractivity contribution in [2.75, 3.05) is 50.7 Å². The molecule has 0 spiro atoms. The fourth-order valence-electron chi connectivity index (χ4n) is 3.87. The van der Waals surface area contributed by atoms with E-state index in [-0.39, 0.29) is 16.6 Å². The second kappa shape index (κ2) is 8.69. The predicted molar refractivity (Wildman–Crippen MR) is 109 cm³/mol. The van der Waals surface area contributed by atoms with Gasteiger partial charge in [-0.25, -0.2) is 8.78 Å². The van der Waals surface area contributed by atoms with Crippen LogP contribution < -0.4 is 10.5 Å². The van der Waals surface area contributed by atoms with Gasteiger partial charge in [-0.1, -0.05) is 11.6 Å². The highest BCUT2D eigenvalue weighted by atomic mass is 35.5. The minimum Gasteiger partial charge on any atom is -0.366 e. The van der Waals surface area contributed by atoms with Gasteiger partial charge in [0.2, 0.25) is 5.91 Å². The SMILES string of the molecule is O=C(CN1CCN(c2cnn(-c3ccc(F)cc3F)c(=O)c2Cl)CC1)N1CCCC1. The monoisotopic (exact) mass is 437 g/mol. The molecule has 1 aromatic carbocycles. The number of carbonyl (C=O) groups excluding carboxylic acids is 1. The molecule has 2 aliphatic rings. The van der Waals surface area contributed by atoms with Crippen molar-refractivity contribution < 1.29 is 13.6 Å². The molecule has 2 aromatic rings. The third-order valence-corrected chi connectivity index (χ3v) is 5.92. The van der Waals surface area contributed by atoms with Gasteiger partial charge >= 0.3 is 0 Å². The van der Waals surface area contributed by atoms with Crippen LogP contribution in [0, 0.1) is 11.6 Å². The highest BCUT2D eigenvalue weighted by molar-refractivity contribution is 6.33. The molecule has 0 saturated carbocycles. The van der Waals surface area contributed by atoms with Crippen molar-refractivity contribution in [3.05, 3.63) is 51.4 Å². The van der Waals surface area contributed by atoms with Gasteiger partial charge in [0, 0.05) is 45.3 Å². The van der Waals surface area contributed by atoms with Gasteiger partial charge in [0.25, 0.3) is 5.56 Å². The third kappa shape index (κ3) is 4.17. The van der Waals surface area contributed by atoms with Gasteiger partial charge in [0.05, 0.1) is 18.4 Å². The Balaban J connectivity index is 1.44. The zero-order chi connectivity index (χ0) is 21.3. The number of hydrogen-bond acceptors (Lipinski definition) is 5. The summed E-state index contributed by atoms with van der Waals surface area (Å²) in [5.74, 6) is -1.48. The van der Waals surface area contributed by atoms with E-state index < -0.39 is 17.2 Å². The molecule has 3 heterocycles. The summed E-state index contributed by atoms with van der Waals surface area (Å²) in [4.78, 5) is 30.9. The lowest BCUT2D eigenvalue weighted by atomic mass is 10.2. The van der Waals surface area contributed by atoms with Crippen LogP contribution in [0.4, 0.5) is 14.5 Å². The van der Waals surface area contributed by atoms with Crippen molar-refractivity contribution in [3.63, 3.8) is 0 Å². The average Bonchev–Trinajstić information content (AvgIpc) is 3.27. The molecule has 2 fully saturated rings. The van der Waals surface area contributed by atoms with Crippen molar-refractivity contribution >= 4 is 23.2 Å². The molecule has 4 rings (SSSR count). The van der Waals surface area contributed by atoms with E-state index in [2.05, 4.69) is 10.00 Å². The highest BCUT2D eigenvalue weighted by Gasteiger charge is 2.25. The second-order valence-electron chi connectivity index (χ2n) is 7.51. The summed E-state index contributed by atoms with van der Waals surface area (Å²) in [6, 6.07) is 2.89. The number of anilines is 1. The summed E-state index contributed by atoms with van der Waals surface area (Å²) in [5.41, 5.74) is -0.377. The van der Waals surface area contributed by atoms with E-state index in [1.165, 1.54) is 6.20 Å². The summed E-state index contributed by atoms with van der Waals surface area (Å²) < 4.78 is 28.0. The van der Waals surface area contributed by atoms with E-state index >= 15 is 0 Å². The summed E-state index contributed by atoms with van der Waals surface area (Å²) in [6.45, 7) is 4.56. The first kappa shape index (κ1) is 20.7. The molecule has 2 saturated heterocycles. The van der Waals surface area contributed by atoms with Crippen LogP contribution in [-0.4, -0.2) is 71.3 Å². The maximum atomic E-state index is 14.0. The van der Waals surface area contributed by atoms with Crippen LogP contribution in [-0.2, 0) is 4.79 Å². The largest absolute Gasteiger partial charge is 0.366 e. The Labute approximate surface area is 177 Å². The Morgan fingerprint density at radius 2 is 1.73 bits per heavy atom. The molecule has 0 aliphatic carbocycles. The Morgan fingerprint density at radius 1 is 1.03 bits per heavy atom. The Hall–Kier alpha value is -2.52. The molecular weight excluding hydrogens is 416 g/mol. The number of carbonyl (C=O) groups is 1. The number of likely N-dealkylation sites (tertiary alicyclic amines) is 1. The Morgan fingerprint density at radius 3 is 2.40 bits per heavy atom. The van der Waals surface area contributed by atoms with Gasteiger partial charge in [-0.2, -0.15) is 9.78 Å². The van der Waals surface area contributed by atoms with Crippen molar-refractivity contribution in [1.29, 1.82) is 0 Å². The maximum absolute atomic E-state index is 14.0. The normalized spacial score (nSPS) is 17.6. The number of hydrogen-bond donors (Lipinski definition) is 0. The minimum absolute atomic E-state index is 0.0738. The minimum atomic E-state index is -0.898. The summed E-state index contributed by atoms with van der Waals surface area (Å²) in [6.07, 6.45) is 3.55. The van der Waals surface area contributed by atoms with Crippen molar-refractivity contribution in [3.8, 4) is 5.69 Å². The number of piperazine rings is 1. The van der Waals surface area contributed by atoms with Gasteiger partial charge in [-0.05, 0) is 25.0 Å². The maximum Gasteiger partial charge on any atom is 0.292 e. The number of rotatable bonds is 4. The predicted octanol–water partition coefficient (Wildman–Crippen LogP) is 1.91. The summed E-state index contributed by atoms with van der Waals surface area (Å²) >= 11 is 6.29. The number of benzene rings is 1. The average molecular weight is 438 g/mol. The zero-order valence-corrected chi connectivity index (χ0v) is 17.1. The van der Waals surface area contributed by atoms with Crippen molar-refractivity contribution in [2.24, 2.45) is 0 Å². The van der Waals surface area contributed by atoms with Crippen LogP contribution in [0.3, 0.4) is 0 Å². The van der Waals surface area contributed by atoms with E-state index in [0.717, 1.165) is 42.7 Å². The van der Waals surface area contributed by atoms with Gasteiger partial charge in [0.1, 0.15) is 16.5 Å². The highest BCUT2D eigenvalue weighted by Crippen LogP contribution is 2.23. The first-order chi connectivity index (χ1) is 14.4. The van der Waals surface area contributed by atoms with E-state index in [0.29, 0.717) is 44.5 Å². The second-order valence-corrected chi connectivity index (χ2v) is 7.89. The van der Waals surface area contributed by atoms with Crippen LogP contribution in [0.5, 0.6) is 0 Å². The first-order valence-electron chi connectivity index (χ1n) is 9.92. The topological polar surface area (TPSA) is 61.7 Å². The fourth-order valence-corrected chi connectivity index (χ4v) is 4.12. The standard InChI is InChI=1S/C20H22ClF2N5O2/c21-19-17(12-24-28(20(19)30)16-4-3-14(22)11-15(16)23)26-9-7-25(8-10-26)13-18(29)27-5-1-2-6-27/h3-4,11-12H,1-2,5-10,13H2. The fraction of sp³-hybridized carbons (Fsp3) is 0.450. The first-order valence-corrected chi connectivity index (χ1v) is 10.3. The molecular formula is C20H22ClF2N5O2. The lowest BCUT2D eigenvalue weighted by molar-refractivity contribution is -0.131. The molecule has 1 amide bonds. The van der Waals surface area contributed by atoms with E-state index in [1.807, 2.05) is 9.80 Å². The van der Waals surface area contributed by atoms with Crippen LogP contribution in [0.1, 0.15) is 12.8 Å². The quantitative estimate of drug-likeness (QED) is 0.731. The Bertz CT molecular complexity index is 1000. The lowest BCUT2D eigenvalue weighted by Gasteiger charge is -2.36. The molecule has 160 valence electrons. The molecule has 0 bridgehead atoms. The third-order valence-electron chi connectivity index (χ3n) is 5.57. The number of halogens is 3. The van der Waals surface area contributed by atoms with Gasteiger partial charge < -0.3 is 9.80 Å². The molecule has 30 heavy (non-hydrogen) atoms. The zero-order valence-electron chi connectivity index (χ0n) is 16.4. The summed E-state index contributed by atoms with van der Waals surface area (Å²) in [5, 5.41) is 3.96. The van der Waals surface area contributed by atoms with E-state index in [1.54, 1.807) is 0 Å². The van der Waals surface area contributed by atoms with E-state index in [9.17, 15) is 18.4 Å². The van der Waals surface area contributed by atoms with Gasteiger partial charge in [-0.3, -0.25) is 14.5 Å². The number of amides is 1. The van der Waals surface area contributed by atoms with E-state index in [4.69, 9.17) is 11.6 Å². The lowest BCUT2D eigenvalue weighted by Crippen LogP contribution is -2.50. The molecule has 2 aliphatic heterocycles. The molecule has 0 radical (unpaired) electrons. The number of nitrogens with zero attached hydrogens (tertiary/aromatic N) is 5. The number of aromatic nitrogens is 2. The van der Waals surface area contributed by atoms with Crippen LogP contribution >= 0.6 is 11.6 Å². The molecule has 1 aromatic heterocycles. The van der Waals surface area contributed by atoms with Crippen LogP contribution in [0.15, 0.2) is 29.2 Å². The summed E-state index contributed by atoms with van der Waals surface area (Å²) in [7, 11) is 0. The van der Waals surface area contributed by atoms with Crippen molar-refractivity contribution in [2.45, 2.75) is 12.8 Å². The molecule has 0 unspecified atom stereocenters.